The molecule has 0 aliphatic heterocycles. The summed E-state index contributed by atoms with van der Waals surface area (Å²) < 4.78 is 1.96. The van der Waals surface area contributed by atoms with Crippen LogP contribution in [0.3, 0.4) is 0 Å². The van der Waals surface area contributed by atoms with Crippen LogP contribution in [0.2, 0.25) is 10.0 Å². The van der Waals surface area contributed by atoms with E-state index in [1.54, 1.807) is 30.5 Å². The molecule has 0 N–H and O–H groups in total. The molecule has 4 aromatic rings. The predicted octanol–water partition coefficient (Wildman–Crippen LogP) is 5.72. The summed E-state index contributed by atoms with van der Waals surface area (Å²) in [5.74, 6) is 0.618. The van der Waals surface area contributed by atoms with Crippen molar-refractivity contribution in [2.24, 2.45) is 0 Å². The highest BCUT2D eigenvalue weighted by atomic mass is 35.5. The summed E-state index contributed by atoms with van der Waals surface area (Å²) in [5, 5.41) is 20.3. The smallest absolute Gasteiger partial charge is 0.198 e. The van der Waals surface area contributed by atoms with Crippen LogP contribution >= 0.6 is 35.0 Å². The maximum atomic E-state index is 9.37. The van der Waals surface area contributed by atoms with Crippen molar-refractivity contribution in [1.29, 1.82) is 5.26 Å². The molecule has 0 radical (unpaired) electrons. The van der Waals surface area contributed by atoms with Gasteiger partial charge in [-0.15, -0.1) is 10.2 Å². The molecule has 2 aromatic heterocycles. The van der Waals surface area contributed by atoms with Gasteiger partial charge in [0.05, 0.1) is 17.1 Å². The Morgan fingerprint density at radius 3 is 2.59 bits per heavy atom. The second-order valence-electron chi connectivity index (χ2n) is 6.07. The van der Waals surface area contributed by atoms with Crippen LogP contribution in [0.1, 0.15) is 11.1 Å². The number of pyridine rings is 1. The van der Waals surface area contributed by atoms with Crippen LogP contribution < -0.4 is 0 Å². The van der Waals surface area contributed by atoms with Gasteiger partial charge in [0.15, 0.2) is 11.0 Å². The SMILES string of the molecule is N#Cc1cccnc1Sc1nnc(-c2ccc(Cl)cc2Cl)n1Cc1ccccc1. The molecule has 2 heterocycles. The molecule has 0 bridgehead atoms. The summed E-state index contributed by atoms with van der Waals surface area (Å²) in [4.78, 5) is 4.32. The second kappa shape index (κ2) is 8.66. The molecule has 5 nitrogen and oxygen atoms in total. The normalized spacial score (nSPS) is 10.7. The van der Waals surface area contributed by atoms with Gasteiger partial charge in [-0.25, -0.2) is 4.98 Å². The summed E-state index contributed by atoms with van der Waals surface area (Å²) >= 11 is 13.8. The fourth-order valence-corrected chi connectivity index (χ4v) is 4.13. The average Bonchev–Trinajstić information content (AvgIpc) is 3.11. The fraction of sp³-hybridized carbons (Fsp3) is 0.0476. The second-order valence-corrected chi connectivity index (χ2v) is 7.87. The van der Waals surface area contributed by atoms with Crippen LogP contribution in [-0.4, -0.2) is 19.7 Å². The molecule has 0 aliphatic rings. The third-order valence-corrected chi connectivity index (χ3v) is 5.70. The first-order valence-electron chi connectivity index (χ1n) is 8.61. The van der Waals surface area contributed by atoms with Gasteiger partial charge >= 0.3 is 0 Å². The van der Waals surface area contributed by atoms with Gasteiger partial charge in [-0.05, 0) is 47.7 Å². The molecule has 0 fully saturated rings. The molecule has 0 unspecified atom stereocenters. The number of benzene rings is 2. The number of rotatable bonds is 5. The van der Waals surface area contributed by atoms with E-state index in [1.807, 2.05) is 41.0 Å². The molecule has 4 rings (SSSR count). The van der Waals surface area contributed by atoms with Crippen LogP contribution in [0.4, 0.5) is 0 Å². The Hall–Kier alpha value is -2.85. The minimum Gasteiger partial charge on any atom is -0.297 e. The molecule has 2 aromatic carbocycles. The van der Waals surface area contributed by atoms with Gasteiger partial charge in [0.2, 0.25) is 0 Å². The zero-order valence-corrected chi connectivity index (χ0v) is 17.3. The Bertz CT molecular complexity index is 1200. The minimum atomic E-state index is 0.484. The third kappa shape index (κ3) is 4.28. The largest absolute Gasteiger partial charge is 0.297 e. The van der Waals surface area contributed by atoms with E-state index in [9.17, 15) is 5.26 Å². The molecular formula is C21H13Cl2N5S. The molecule has 29 heavy (non-hydrogen) atoms. The van der Waals surface area contributed by atoms with Gasteiger partial charge in [0.25, 0.3) is 0 Å². The first-order chi connectivity index (χ1) is 14.2. The highest BCUT2D eigenvalue weighted by Crippen LogP contribution is 2.34. The lowest BCUT2D eigenvalue weighted by molar-refractivity contribution is 0.714. The van der Waals surface area contributed by atoms with E-state index in [4.69, 9.17) is 23.2 Å². The van der Waals surface area contributed by atoms with Crippen molar-refractivity contribution in [3.63, 3.8) is 0 Å². The minimum absolute atomic E-state index is 0.484. The van der Waals surface area contributed by atoms with Gasteiger partial charge in [-0.2, -0.15) is 5.26 Å². The predicted molar refractivity (Wildman–Crippen MR) is 114 cm³/mol. The van der Waals surface area contributed by atoms with Crippen molar-refractivity contribution in [2.45, 2.75) is 16.7 Å². The molecule has 0 aliphatic carbocycles. The lowest BCUT2D eigenvalue weighted by Gasteiger charge is -2.11. The van der Waals surface area contributed by atoms with Crippen molar-refractivity contribution in [2.75, 3.05) is 0 Å². The van der Waals surface area contributed by atoms with E-state index in [1.165, 1.54) is 11.8 Å². The number of nitriles is 1. The van der Waals surface area contributed by atoms with Crippen LogP contribution in [0.5, 0.6) is 0 Å². The molecule has 0 saturated heterocycles. The van der Waals surface area contributed by atoms with Crippen molar-refractivity contribution in [1.82, 2.24) is 19.7 Å². The monoisotopic (exact) mass is 437 g/mol. The average molecular weight is 438 g/mol. The zero-order chi connectivity index (χ0) is 20.2. The van der Waals surface area contributed by atoms with Gasteiger partial charge in [-0.1, -0.05) is 53.5 Å². The summed E-state index contributed by atoms with van der Waals surface area (Å²) in [6.45, 7) is 0.541. The molecule has 0 spiro atoms. The number of halogens is 2. The standard InChI is InChI=1S/C21H13Cl2N5S/c22-16-8-9-17(18(23)11-16)19-26-27-21(28(19)13-14-5-2-1-3-6-14)29-20-15(12-24)7-4-10-25-20/h1-11H,13H2. The van der Waals surface area contributed by atoms with E-state index in [-0.39, 0.29) is 0 Å². The van der Waals surface area contributed by atoms with Crippen molar-refractivity contribution < 1.29 is 0 Å². The van der Waals surface area contributed by atoms with Crippen LogP contribution in [0, 0.1) is 11.3 Å². The van der Waals surface area contributed by atoms with Gasteiger partial charge in [0, 0.05) is 16.8 Å². The van der Waals surface area contributed by atoms with Crippen molar-refractivity contribution in [3.8, 4) is 17.5 Å². The van der Waals surface area contributed by atoms with E-state index in [2.05, 4.69) is 21.3 Å². The molecule has 142 valence electrons. The first kappa shape index (κ1) is 19.5. The third-order valence-electron chi connectivity index (χ3n) is 4.15. The van der Waals surface area contributed by atoms with Crippen molar-refractivity contribution >= 4 is 35.0 Å². The number of hydrogen-bond acceptors (Lipinski definition) is 5. The van der Waals surface area contributed by atoms with E-state index < -0.39 is 0 Å². The molecular weight excluding hydrogens is 425 g/mol. The first-order valence-corrected chi connectivity index (χ1v) is 10.2. The highest BCUT2D eigenvalue weighted by Gasteiger charge is 2.19. The Kier molecular flexibility index (Phi) is 5.81. The highest BCUT2D eigenvalue weighted by molar-refractivity contribution is 7.99. The van der Waals surface area contributed by atoms with Crippen molar-refractivity contribution in [3.05, 3.63) is 88.0 Å². The summed E-state index contributed by atoms with van der Waals surface area (Å²) in [5.41, 5.74) is 2.30. The molecule has 0 atom stereocenters. The number of aromatic nitrogens is 4. The summed E-state index contributed by atoms with van der Waals surface area (Å²) in [6.07, 6.45) is 1.65. The number of nitrogens with zero attached hydrogens (tertiary/aromatic N) is 5. The lowest BCUT2D eigenvalue weighted by Crippen LogP contribution is -2.04. The van der Waals surface area contributed by atoms with Crippen LogP contribution in [0.25, 0.3) is 11.4 Å². The fourth-order valence-electron chi connectivity index (χ4n) is 2.79. The molecule has 0 saturated carbocycles. The topological polar surface area (TPSA) is 67.4 Å². The molecule has 8 heteroatoms. The van der Waals surface area contributed by atoms with E-state index in [0.29, 0.717) is 38.2 Å². The molecule has 0 amide bonds. The van der Waals surface area contributed by atoms with Gasteiger partial charge in [-0.3, -0.25) is 4.57 Å². The summed E-state index contributed by atoms with van der Waals surface area (Å²) in [6, 6.07) is 20.9. The van der Waals surface area contributed by atoms with Crippen LogP contribution in [0.15, 0.2) is 77.0 Å². The lowest BCUT2D eigenvalue weighted by atomic mass is 10.2. The van der Waals surface area contributed by atoms with E-state index >= 15 is 0 Å². The maximum Gasteiger partial charge on any atom is 0.198 e. The Labute approximate surface area is 182 Å². The Balaban J connectivity index is 1.81. The van der Waals surface area contributed by atoms with E-state index in [0.717, 1.165) is 11.1 Å². The van der Waals surface area contributed by atoms with Crippen LogP contribution in [-0.2, 0) is 6.54 Å². The number of hydrogen-bond donors (Lipinski definition) is 0. The van der Waals surface area contributed by atoms with Gasteiger partial charge in [0.1, 0.15) is 11.1 Å². The quantitative estimate of drug-likeness (QED) is 0.399. The Morgan fingerprint density at radius 2 is 1.83 bits per heavy atom. The maximum absolute atomic E-state index is 9.37. The summed E-state index contributed by atoms with van der Waals surface area (Å²) in [7, 11) is 0. The zero-order valence-electron chi connectivity index (χ0n) is 15.0. The Morgan fingerprint density at radius 1 is 1.00 bits per heavy atom. The van der Waals surface area contributed by atoms with Gasteiger partial charge < -0.3 is 0 Å².